The van der Waals surface area contributed by atoms with Gasteiger partial charge in [-0.1, -0.05) is 39.3 Å². The smallest absolute Gasteiger partial charge is 0.313 e. The number of ketones is 1. The molecule has 5 heteroatoms. The summed E-state index contributed by atoms with van der Waals surface area (Å²) in [5.41, 5.74) is 0.118. The molecule has 5 aliphatic rings. The molecule has 0 aromatic carbocycles. The van der Waals surface area contributed by atoms with Crippen molar-refractivity contribution in [3.63, 3.8) is 0 Å². The third kappa shape index (κ3) is 3.22. The molecular weight excluding hydrogens is 452 g/mol. The van der Waals surface area contributed by atoms with E-state index in [1.54, 1.807) is 0 Å². The van der Waals surface area contributed by atoms with Crippen molar-refractivity contribution < 1.29 is 24.2 Å². The van der Waals surface area contributed by atoms with E-state index >= 15 is 0 Å². The second-order valence-electron chi connectivity index (χ2n) is 14.3. The van der Waals surface area contributed by atoms with Crippen molar-refractivity contribution in [2.45, 2.75) is 106 Å². The molecule has 200 valence electrons. The minimum atomic E-state index is -0.666. The Morgan fingerprint density at radius 1 is 0.944 bits per heavy atom. The molecular formula is C31H46O5. The first-order chi connectivity index (χ1) is 16.7. The molecule has 5 nitrogen and oxygen atoms in total. The summed E-state index contributed by atoms with van der Waals surface area (Å²) in [6.07, 6.45) is 11.4. The molecule has 36 heavy (non-hydrogen) atoms. The lowest BCUT2D eigenvalue weighted by molar-refractivity contribution is -0.218. The highest BCUT2D eigenvalue weighted by Crippen LogP contribution is 2.75. The van der Waals surface area contributed by atoms with Crippen LogP contribution in [0.4, 0.5) is 0 Å². The van der Waals surface area contributed by atoms with E-state index in [9.17, 15) is 19.5 Å². The standard InChI is InChI=1S/C31H46O5/c1-19-9-14-31(26(34)35)16-15-29(5)21(22(31)17-19)7-8-24-27(3)12-11-25(33)28(4,18-36-20(2)32)23(27)10-13-30(24,29)6/h17,19,21,23-24H,7-16,18H2,1-6H3,(H,34,35). The molecule has 0 spiro atoms. The number of hydrogen-bond acceptors (Lipinski definition) is 4. The summed E-state index contributed by atoms with van der Waals surface area (Å²) in [6, 6.07) is 0. The van der Waals surface area contributed by atoms with E-state index in [2.05, 4.69) is 33.8 Å². The van der Waals surface area contributed by atoms with Crippen LogP contribution >= 0.6 is 0 Å². The summed E-state index contributed by atoms with van der Waals surface area (Å²) in [7, 11) is 0. The van der Waals surface area contributed by atoms with Crippen LogP contribution in [0, 0.1) is 50.7 Å². The van der Waals surface area contributed by atoms with Gasteiger partial charge in [0.25, 0.3) is 0 Å². The average Bonchev–Trinajstić information content (AvgIpc) is 2.81. The van der Waals surface area contributed by atoms with E-state index < -0.39 is 16.8 Å². The monoisotopic (exact) mass is 498 g/mol. The normalized spacial score (nSPS) is 50.1. The molecule has 4 saturated carbocycles. The van der Waals surface area contributed by atoms with E-state index in [0.717, 1.165) is 57.8 Å². The third-order valence-corrected chi connectivity index (χ3v) is 12.9. The predicted octanol–water partition coefficient (Wildman–Crippen LogP) is 6.59. The highest BCUT2D eigenvalue weighted by molar-refractivity contribution is 5.86. The number of esters is 1. The Balaban J connectivity index is 1.53. The van der Waals surface area contributed by atoms with Gasteiger partial charge in [-0.25, -0.2) is 0 Å². The number of carbonyl (C=O) groups excluding carboxylic acids is 2. The molecule has 5 aliphatic carbocycles. The van der Waals surface area contributed by atoms with Crippen molar-refractivity contribution in [1.82, 2.24) is 0 Å². The van der Waals surface area contributed by atoms with Gasteiger partial charge in [-0.3, -0.25) is 14.4 Å². The molecule has 0 heterocycles. The topological polar surface area (TPSA) is 80.7 Å². The van der Waals surface area contributed by atoms with Gasteiger partial charge in [0.15, 0.2) is 0 Å². The van der Waals surface area contributed by atoms with Crippen molar-refractivity contribution in [2.75, 3.05) is 6.61 Å². The van der Waals surface area contributed by atoms with Crippen LogP contribution in [0.2, 0.25) is 0 Å². The molecule has 0 radical (unpaired) electrons. The number of Topliss-reactive ketones (excluding diaryl/α,β-unsaturated/α-hetero) is 1. The van der Waals surface area contributed by atoms with Crippen molar-refractivity contribution in [2.24, 2.45) is 50.7 Å². The Labute approximate surface area is 216 Å². The molecule has 1 N–H and O–H groups in total. The molecule has 0 aromatic heterocycles. The second kappa shape index (κ2) is 8.17. The fourth-order valence-electron chi connectivity index (χ4n) is 10.6. The van der Waals surface area contributed by atoms with Crippen LogP contribution < -0.4 is 0 Å². The van der Waals surface area contributed by atoms with Crippen molar-refractivity contribution in [3.05, 3.63) is 11.6 Å². The Bertz CT molecular complexity index is 1010. The maximum absolute atomic E-state index is 13.3. The van der Waals surface area contributed by atoms with Crippen LogP contribution in [0.15, 0.2) is 11.6 Å². The van der Waals surface area contributed by atoms with Gasteiger partial charge in [-0.05, 0) is 105 Å². The molecule has 5 rings (SSSR count). The molecule has 9 unspecified atom stereocenters. The number of carbonyl (C=O) groups is 3. The van der Waals surface area contributed by atoms with Gasteiger partial charge in [0.05, 0.1) is 10.8 Å². The van der Waals surface area contributed by atoms with Crippen LogP contribution in [0.3, 0.4) is 0 Å². The number of fused-ring (bicyclic) bond motifs is 7. The average molecular weight is 499 g/mol. The number of rotatable bonds is 3. The number of carboxylic acids is 1. The van der Waals surface area contributed by atoms with E-state index in [1.165, 1.54) is 12.5 Å². The first-order valence-electron chi connectivity index (χ1n) is 14.4. The van der Waals surface area contributed by atoms with E-state index in [4.69, 9.17) is 4.74 Å². The maximum atomic E-state index is 13.3. The second-order valence-corrected chi connectivity index (χ2v) is 14.3. The van der Waals surface area contributed by atoms with Crippen molar-refractivity contribution in [3.8, 4) is 0 Å². The quantitative estimate of drug-likeness (QED) is 0.350. The molecule has 0 aromatic rings. The van der Waals surface area contributed by atoms with Gasteiger partial charge in [-0.2, -0.15) is 0 Å². The zero-order valence-electron chi connectivity index (χ0n) is 23.2. The van der Waals surface area contributed by atoms with E-state index in [1.807, 2.05) is 6.92 Å². The Kier molecular flexibility index (Phi) is 5.90. The molecule has 9 atom stereocenters. The van der Waals surface area contributed by atoms with Gasteiger partial charge in [0.2, 0.25) is 0 Å². The van der Waals surface area contributed by atoms with Gasteiger partial charge >= 0.3 is 11.9 Å². The van der Waals surface area contributed by atoms with Crippen LogP contribution in [0.5, 0.6) is 0 Å². The largest absolute Gasteiger partial charge is 0.481 e. The summed E-state index contributed by atoms with van der Waals surface area (Å²) in [4.78, 5) is 37.7. The molecule has 0 aliphatic heterocycles. The summed E-state index contributed by atoms with van der Waals surface area (Å²) < 4.78 is 5.50. The predicted molar refractivity (Wildman–Crippen MR) is 138 cm³/mol. The van der Waals surface area contributed by atoms with Crippen molar-refractivity contribution in [1.29, 1.82) is 0 Å². The SMILES string of the molecule is CC(=O)OCC1(C)C(=O)CCC2(C)C1CCC1(C)C2CCC2C3=CC(C)CCC3(C(=O)O)CCC21C. The van der Waals surface area contributed by atoms with Gasteiger partial charge in [0, 0.05) is 13.3 Å². The number of carboxylic acid groups (broad SMARTS) is 1. The first kappa shape index (κ1) is 26.0. The number of aliphatic carboxylic acids is 1. The van der Waals surface area contributed by atoms with Crippen LogP contribution in [-0.2, 0) is 19.1 Å². The molecule has 0 amide bonds. The summed E-state index contributed by atoms with van der Waals surface area (Å²) in [5.74, 6) is 0.777. The summed E-state index contributed by atoms with van der Waals surface area (Å²) in [6.45, 7) is 13.3. The molecule has 0 bridgehead atoms. The minimum absolute atomic E-state index is 0.0133. The van der Waals surface area contributed by atoms with Crippen LogP contribution in [0.1, 0.15) is 106 Å². The minimum Gasteiger partial charge on any atom is -0.481 e. The fourth-order valence-corrected chi connectivity index (χ4v) is 10.6. The zero-order valence-corrected chi connectivity index (χ0v) is 23.2. The van der Waals surface area contributed by atoms with E-state index in [-0.39, 0.29) is 40.5 Å². The molecule has 4 fully saturated rings. The van der Waals surface area contributed by atoms with Crippen LogP contribution in [-0.4, -0.2) is 29.4 Å². The number of hydrogen-bond donors (Lipinski definition) is 1. The number of ether oxygens (including phenoxy) is 1. The summed E-state index contributed by atoms with van der Waals surface area (Å²) in [5, 5.41) is 10.4. The third-order valence-electron chi connectivity index (χ3n) is 12.9. The highest BCUT2D eigenvalue weighted by Gasteiger charge is 2.70. The Hall–Kier alpha value is -1.65. The maximum Gasteiger partial charge on any atom is 0.313 e. The first-order valence-corrected chi connectivity index (χ1v) is 14.4. The van der Waals surface area contributed by atoms with Gasteiger partial charge < -0.3 is 9.84 Å². The van der Waals surface area contributed by atoms with Gasteiger partial charge in [0.1, 0.15) is 12.4 Å². The fraction of sp³-hybridized carbons (Fsp3) is 0.839. The lowest BCUT2D eigenvalue weighted by Gasteiger charge is -2.71. The Morgan fingerprint density at radius 3 is 2.33 bits per heavy atom. The van der Waals surface area contributed by atoms with Crippen LogP contribution in [0.25, 0.3) is 0 Å². The van der Waals surface area contributed by atoms with E-state index in [0.29, 0.717) is 24.2 Å². The lowest BCUT2D eigenvalue weighted by Crippen LogP contribution is -2.66. The zero-order chi connectivity index (χ0) is 26.3. The van der Waals surface area contributed by atoms with Crippen molar-refractivity contribution >= 4 is 17.7 Å². The molecule has 0 saturated heterocycles. The van der Waals surface area contributed by atoms with Gasteiger partial charge in [-0.15, -0.1) is 0 Å². The summed E-state index contributed by atoms with van der Waals surface area (Å²) >= 11 is 0. The lowest BCUT2D eigenvalue weighted by atomic mass is 9.32. The number of allylic oxidation sites excluding steroid dienone is 1. The Morgan fingerprint density at radius 2 is 1.67 bits per heavy atom. The highest BCUT2D eigenvalue weighted by atomic mass is 16.5.